The van der Waals surface area contributed by atoms with Gasteiger partial charge in [-0.2, -0.15) is 4.31 Å². The minimum absolute atomic E-state index is 0.196. The van der Waals surface area contributed by atoms with Crippen LogP contribution in [0.25, 0.3) is 10.2 Å². The predicted octanol–water partition coefficient (Wildman–Crippen LogP) is 2.18. The van der Waals surface area contributed by atoms with Crippen LogP contribution in [-0.4, -0.2) is 94.1 Å². The van der Waals surface area contributed by atoms with Gasteiger partial charge >= 0.3 is 0 Å². The summed E-state index contributed by atoms with van der Waals surface area (Å²) in [5.74, 6) is -0.200. The van der Waals surface area contributed by atoms with Crippen molar-refractivity contribution < 1.29 is 17.9 Å². The van der Waals surface area contributed by atoms with E-state index in [1.165, 1.54) is 26.7 Å². The quantitative estimate of drug-likeness (QED) is 0.501. The van der Waals surface area contributed by atoms with Crippen molar-refractivity contribution in [2.75, 3.05) is 70.5 Å². The van der Waals surface area contributed by atoms with E-state index in [9.17, 15) is 13.2 Å². The largest absolute Gasteiger partial charge is 0.379 e. The molecule has 2 aromatic carbocycles. The number of anilines is 1. The van der Waals surface area contributed by atoms with Gasteiger partial charge in [0.1, 0.15) is 0 Å². The molecule has 2 aliphatic heterocycles. The van der Waals surface area contributed by atoms with Crippen molar-refractivity contribution in [3.05, 3.63) is 53.6 Å². The topological polar surface area (TPSA) is 95.1 Å². The number of sulfonamides is 1. The van der Waals surface area contributed by atoms with Gasteiger partial charge in [0.15, 0.2) is 5.13 Å². The molecule has 36 heavy (non-hydrogen) atoms. The van der Waals surface area contributed by atoms with Gasteiger partial charge in [-0.25, -0.2) is 13.4 Å². The Balaban J connectivity index is 1.08. The molecule has 0 radical (unpaired) electrons. The van der Waals surface area contributed by atoms with Crippen LogP contribution in [0.5, 0.6) is 0 Å². The summed E-state index contributed by atoms with van der Waals surface area (Å²) in [4.78, 5) is 22.3. The minimum atomic E-state index is -3.56. The molecule has 1 N–H and O–H groups in total. The third-order valence-electron chi connectivity index (χ3n) is 6.69. The number of nitrogens with zero attached hydrogens (tertiary/aromatic N) is 4. The lowest BCUT2D eigenvalue weighted by atomic mass is 10.2. The Morgan fingerprint density at radius 1 is 1.03 bits per heavy atom. The number of amides is 1. The Morgan fingerprint density at radius 2 is 1.75 bits per heavy atom. The van der Waals surface area contributed by atoms with E-state index in [4.69, 9.17) is 9.72 Å². The van der Waals surface area contributed by atoms with E-state index in [2.05, 4.69) is 40.2 Å². The van der Waals surface area contributed by atoms with Gasteiger partial charge in [-0.1, -0.05) is 23.5 Å². The molecule has 1 aromatic heterocycles. The number of carbonyl (C=O) groups excluding carboxylic acids is 1. The first-order chi connectivity index (χ1) is 17.4. The number of hydrogen-bond acceptors (Lipinski definition) is 8. The number of benzene rings is 2. The molecule has 2 saturated heterocycles. The zero-order valence-electron chi connectivity index (χ0n) is 20.4. The first-order valence-electron chi connectivity index (χ1n) is 12.2. The number of aryl methyl sites for hydroxylation is 1. The second-order valence-corrected chi connectivity index (χ2v) is 12.0. The number of carbonyl (C=O) groups is 1. The molecule has 0 bridgehead atoms. The van der Waals surface area contributed by atoms with Crippen LogP contribution in [0.1, 0.15) is 15.9 Å². The molecule has 0 atom stereocenters. The second-order valence-electron chi connectivity index (χ2n) is 9.04. The number of morpholine rings is 1. The van der Waals surface area contributed by atoms with Gasteiger partial charge in [0.05, 0.1) is 28.3 Å². The Labute approximate surface area is 215 Å². The van der Waals surface area contributed by atoms with Gasteiger partial charge in [-0.3, -0.25) is 9.69 Å². The van der Waals surface area contributed by atoms with Crippen molar-refractivity contribution in [3.8, 4) is 0 Å². The second kappa shape index (κ2) is 10.8. The molecular formula is C25H31N5O4S2. The van der Waals surface area contributed by atoms with Crippen molar-refractivity contribution in [1.82, 2.24) is 19.5 Å². The number of fused-ring (bicyclic) bond motifs is 1. The number of para-hydroxylation sites is 1. The summed E-state index contributed by atoms with van der Waals surface area (Å²) >= 11 is 1.74. The van der Waals surface area contributed by atoms with E-state index in [0.717, 1.165) is 43.4 Å². The van der Waals surface area contributed by atoms with Crippen LogP contribution in [0, 0.1) is 6.92 Å². The molecule has 192 valence electrons. The van der Waals surface area contributed by atoms with E-state index in [1.54, 1.807) is 23.5 Å². The van der Waals surface area contributed by atoms with E-state index < -0.39 is 10.0 Å². The summed E-state index contributed by atoms with van der Waals surface area (Å²) in [6.45, 7) is 8.54. The van der Waals surface area contributed by atoms with Gasteiger partial charge < -0.3 is 15.0 Å². The molecule has 0 saturated carbocycles. The maximum absolute atomic E-state index is 12.7. The summed E-state index contributed by atoms with van der Waals surface area (Å²) in [6, 6.07) is 12.4. The summed E-state index contributed by atoms with van der Waals surface area (Å²) < 4.78 is 33.4. The van der Waals surface area contributed by atoms with Crippen LogP contribution in [0.4, 0.5) is 5.13 Å². The molecule has 3 aromatic rings. The Bertz CT molecular complexity index is 1310. The third-order valence-corrected chi connectivity index (χ3v) is 9.68. The number of nitrogens with one attached hydrogen (secondary N) is 1. The Kier molecular flexibility index (Phi) is 7.54. The van der Waals surface area contributed by atoms with Gasteiger partial charge in [-0.15, -0.1) is 0 Å². The fraction of sp³-hybridized carbons (Fsp3) is 0.440. The highest BCUT2D eigenvalue weighted by molar-refractivity contribution is 7.89. The monoisotopic (exact) mass is 529 g/mol. The van der Waals surface area contributed by atoms with Crippen LogP contribution in [-0.2, 0) is 14.8 Å². The number of piperazine rings is 1. The molecular weight excluding hydrogens is 498 g/mol. The molecule has 1 amide bonds. The van der Waals surface area contributed by atoms with Gasteiger partial charge in [0, 0.05) is 57.9 Å². The molecule has 0 unspecified atom stereocenters. The Morgan fingerprint density at radius 3 is 2.44 bits per heavy atom. The number of thiazole rings is 1. The fourth-order valence-corrected chi connectivity index (χ4v) is 7.02. The average molecular weight is 530 g/mol. The molecule has 0 aliphatic carbocycles. The van der Waals surface area contributed by atoms with Crippen LogP contribution in [0.15, 0.2) is 47.4 Å². The number of ether oxygens (including phenoxy) is 1. The highest BCUT2D eigenvalue weighted by Gasteiger charge is 2.26. The van der Waals surface area contributed by atoms with Crippen LogP contribution in [0.2, 0.25) is 0 Å². The van der Waals surface area contributed by atoms with Crippen molar-refractivity contribution in [2.45, 2.75) is 11.8 Å². The maximum Gasteiger partial charge on any atom is 0.251 e. The average Bonchev–Trinajstić information content (AvgIpc) is 3.35. The van der Waals surface area contributed by atoms with E-state index in [0.29, 0.717) is 38.4 Å². The van der Waals surface area contributed by atoms with Crippen LogP contribution in [0.3, 0.4) is 0 Å². The standard InChI is InChI=1S/C25H31N5O4S2/c1-19-3-2-4-22-23(19)27-25(35-22)29-13-11-28(12-14-29)10-9-26-24(31)20-5-7-21(8-6-20)36(32,33)30-15-17-34-18-16-30/h2-8H,9-18H2,1H3,(H,26,31). The summed E-state index contributed by atoms with van der Waals surface area (Å²) in [6.07, 6.45) is 0. The first-order valence-corrected chi connectivity index (χ1v) is 14.5. The van der Waals surface area contributed by atoms with Crippen molar-refractivity contribution in [3.63, 3.8) is 0 Å². The smallest absolute Gasteiger partial charge is 0.251 e. The zero-order valence-corrected chi connectivity index (χ0v) is 22.0. The zero-order chi connectivity index (χ0) is 25.1. The van der Waals surface area contributed by atoms with Crippen molar-refractivity contribution in [2.24, 2.45) is 0 Å². The molecule has 2 aliphatic rings. The van der Waals surface area contributed by atoms with Gasteiger partial charge in [0.25, 0.3) is 5.91 Å². The highest BCUT2D eigenvalue weighted by Crippen LogP contribution is 2.31. The maximum atomic E-state index is 12.7. The molecule has 0 spiro atoms. The molecule has 5 rings (SSSR count). The van der Waals surface area contributed by atoms with Crippen molar-refractivity contribution in [1.29, 1.82) is 0 Å². The minimum Gasteiger partial charge on any atom is -0.379 e. The number of hydrogen-bond donors (Lipinski definition) is 1. The van der Waals surface area contributed by atoms with Crippen LogP contribution >= 0.6 is 11.3 Å². The lowest BCUT2D eigenvalue weighted by Crippen LogP contribution is -2.48. The van der Waals surface area contributed by atoms with E-state index in [1.807, 2.05) is 0 Å². The lowest BCUT2D eigenvalue weighted by Gasteiger charge is -2.34. The number of aromatic nitrogens is 1. The molecule has 11 heteroatoms. The number of rotatable bonds is 7. The van der Waals surface area contributed by atoms with Gasteiger partial charge in [-0.05, 0) is 42.8 Å². The Hall–Kier alpha value is -2.57. The van der Waals surface area contributed by atoms with Crippen LogP contribution < -0.4 is 10.2 Å². The molecule has 3 heterocycles. The summed E-state index contributed by atoms with van der Waals surface area (Å²) in [7, 11) is -3.56. The predicted molar refractivity (Wildman–Crippen MR) is 141 cm³/mol. The van der Waals surface area contributed by atoms with Crippen molar-refractivity contribution >= 4 is 42.6 Å². The summed E-state index contributed by atoms with van der Waals surface area (Å²) in [5, 5.41) is 4.03. The first kappa shape index (κ1) is 25.1. The SMILES string of the molecule is Cc1cccc2sc(N3CCN(CCNC(=O)c4ccc(S(=O)(=O)N5CCOCC5)cc4)CC3)nc12. The fourth-order valence-electron chi connectivity index (χ4n) is 4.52. The van der Waals surface area contributed by atoms with Gasteiger partial charge in [0.2, 0.25) is 10.0 Å². The molecule has 9 nitrogen and oxygen atoms in total. The lowest BCUT2D eigenvalue weighted by molar-refractivity contribution is 0.0730. The summed E-state index contributed by atoms with van der Waals surface area (Å²) in [5.41, 5.74) is 2.75. The third kappa shape index (κ3) is 5.40. The normalized spacial score (nSPS) is 18.0. The van der Waals surface area contributed by atoms with E-state index in [-0.39, 0.29) is 10.8 Å². The van der Waals surface area contributed by atoms with E-state index >= 15 is 0 Å². The highest BCUT2D eigenvalue weighted by atomic mass is 32.2. The molecule has 2 fully saturated rings.